The van der Waals surface area contributed by atoms with Gasteiger partial charge in [0.2, 0.25) is 23.7 Å². The van der Waals surface area contributed by atoms with Gasteiger partial charge in [-0.15, -0.1) is 0 Å². The normalized spacial score (nSPS) is 21.7. The Bertz CT molecular complexity index is 3800. The number of halogens is 2. The number of benzene rings is 4. The molecule has 0 spiro atoms. The molecule has 0 aliphatic carbocycles. The Balaban J connectivity index is 0.642. The maximum Gasteiger partial charge on any atom is 0.329 e. The predicted octanol–water partition coefficient (Wildman–Crippen LogP) is 4.91. The molecule has 5 saturated heterocycles. The zero-order chi connectivity index (χ0) is 61.8. The maximum atomic E-state index is 15.6. The number of morpholine rings is 2. The lowest BCUT2D eigenvalue weighted by Crippen LogP contribution is -2.61. The Morgan fingerprint density at radius 2 is 1.18 bits per heavy atom. The highest BCUT2D eigenvalue weighted by Crippen LogP contribution is 2.37. The number of hydrogen-bond acceptors (Lipinski definition) is 19. The highest BCUT2D eigenvalue weighted by molar-refractivity contribution is 6.08. The van der Waals surface area contributed by atoms with E-state index in [2.05, 4.69) is 29.7 Å². The van der Waals surface area contributed by atoms with E-state index in [0.29, 0.717) is 167 Å². The van der Waals surface area contributed by atoms with E-state index in [1.54, 1.807) is 81.7 Å². The number of esters is 1. The zero-order valence-electron chi connectivity index (χ0n) is 49.9. The van der Waals surface area contributed by atoms with Crippen LogP contribution in [0.3, 0.4) is 0 Å². The van der Waals surface area contributed by atoms with Gasteiger partial charge in [0.15, 0.2) is 0 Å². The van der Waals surface area contributed by atoms with Gasteiger partial charge in [-0.3, -0.25) is 38.7 Å². The number of ether oxygens (including phenoxy) is 5. The van der Waals surface area contributed by atoms with Crippen LogP contribution in [0.4, 0.5) is 20.7 Å². The fourth-order valence-electron chi connectivity index (χ4n) is 13.2. The smallest absolute Gasteiger partial charge is 0.329 e. The summed E-state index contributed by atoms with van der Waals surface area (Å²) in [7, 11) is 0. The molecule has 13 rings (SSSR count). The van der Waals surface area contributed by atoms with Crippen molar-refractivity contribution in [1.82, 2.24) is 44.4 Å². The fourth-order valence-corrected chi connectivity index (χ4v) is 13.2. The number of fused-ring (bicyclic) bond motifs is 4. The van der Waals surface area contributed by atoms with Crippen molar-refractivity contribution < 1.29 is 61.2 Å². The summed E-state index contributed by atoms with van der Waals surface area (Å²) in [5.74, 6) is -3.18. The lowest BCUT2D eigenvalue weighted by molar-refractivity contribution is -0.173. The molecule has 466 valence electrons. The molecule has 5 atom stereocenters. The number of imide groups is 1. The molecule has 5 amide bonds. The average Bonchev–Trinajstić information content (AvgIpc) is 1.90. The molecule has 4 aromatic carbocycles. The Morgan fingerprint density at radius 3 is 1.70 bits per heavy atom. The van der Waals surface area contributed by atoms with Crippen LogP contribution < -0.4 is 25.0 Å². The number of hydrogen-bond donors (Lipinski definition) is 1. The summed E-state index contributed by atoms with van der Waals surface area (Å²) in [5, 5.41) is 1.47. The second-order valence-corrected chi connectivity index (χ2v) is 24.9. The van der Waals surface area contributed by atoms with E-state index in [1.807, 2.05) is 9.80 Å². The number of nitrogens with zero attached hydrogens (tertiary/aromatic N) is 11. The number of anilines is 2. The van der Waals surface area contributed by atoms with Crippen molar-refractivity contribution >= 4 is 69.2 Å². The number of rotatable bonds is 17. The third kappa shape index (κ3) is 12.5. The van der Waals surface area contributed by atoms with Gasteiger partial charge in [-0.05, 0) is 99.7 Å². The number of carbonyl (C=O) groups is 6. The molecule has 89 heavy (non-hydrogen) atoms. The Morgan fingerprint density at radius 1 is 0.663 bits per heavy atom. The highest BCUT2D eigenvalue weighted by Gasteiger charge is 2.50. The van der Waals surface area contributed by atoms with Gasteiger partial charge in [0, 0.05) is 149 Å². The Hall–Kier alpha value is -8.52. The van der Waals surface area contributed by atoms with E-state index in [4.69, 9.17) is 29.4 Å². The SMILES string of the molecule is CC(C)(C)OC(=O)[C@H](C[C@@H](C(N)=O)N1Cc2cc(O[C@H]3CCN(Cc4cc5cnc(N6CCOCC6)nc5cc4F)C3)ccc2C1=O)N1C(=O)CC[C@H](N2Cc3cc(O[C@H]4CCN(Cc5cc6cnc(N7CCOCC7)nc6cc5F)C4)ccc3C2=O)C1=O. The lowest BCUT2D eigenvalue weighted by Gasteiger charge is -2.40. The monoisotopic (exact) mass is 1220 g/mol. The van der Waals surface area contributed by atoms with Crippen LogP contribution in [0.25, 0.3) is 21.8 Å². The first-order chi connectivity index (χ1) is 42.9. The van der Waals surface area contributed by atoms with Crippen molar-refractivity contribution in [1.29, 1.82) is 0 Å². The first kappa shape index (κ1) is 59.4. The van der Waals surface area contributed by atoms with E-state index in [1.165, 1.54) is 21.9 Å². The van der Waals surface area contributed by atoms with E-state index in [-0.39, 0.29) is 55.3 Å². The molecule has 2 aromatic heterocycles. The number of piperidine rings is 1. The number of primary amides is 1. The second kappa shape index (κ2) is 24.5. The van der Waals surface area contributed by atoms with Crippen molar-refractivity contribution in [2.45, 2.75) is 115 Å². The summed E-state index contributed by atoms with van der Waals surface area (Å²) in [4.78, 5) is 115. The minimum absolute atomic E-state index is 0.00441. The van der Waals surface area contributed by atoms with Crippen molar-refractivity contribution in [2.24, 2.45) is 5.73 Å². The standard InChI is InChI=1S/C64H70F2N12O11/c1-64(2,3)89-61(84)55(28-54(57(67)80)77-34-40-25-44(5-7-48(40)59(77)82)88-46-11-13-73(36-46)32-42-23-38-30-69-63(71-52(38)27-50(42)66)75-16-20-86-21-17-75)78-56(79)9-8-53(60(78)83)76-33-39-24-43(4-6-47(39)58(76)81)87-45-10-12-72(35-45)31-41-22-37-29-68-62(70-51(37)26-49(41)65)74-14-18-85-19-15-74/h4-7,22-27,29-30,45-46,53-55H,8-21,28,31-36H2,1-3H3,(H2,67,80)/t45-,46-,53-,54-,55-/m0/s1. The van der Waals surface area contributed by atoms with Crippen molar-refractivity contribution in [2.75, 3.05) is 88.6 Å². The maximum absolute atomic E-state index is 15.6. The van der Waals surface area contributed by atoms with Crippen LogP contribution in [0, 0.1) is 11.6 Å². The van der Waals surface area contributed by atoms with Gasteiger partial charge in [-0.25, -0.2) is 33.5 Å². The van der Waals surface area contributed by atoms with Crippen molar-refractivity contribution in [3.8, 4) is 11.5 Å². The fraction of sp³-hybridized carbons (Fsp3) is 0.469. The minimum atomic E-state index is -1.72. The topological polar surface area (TPSA) is 249 Å². The molecular weight excluding hydrogens is 1150 g/mol. The molecule has 6 aromatic rings. The van der Waals surface area contributed by atoms with Crippen molar-refractivity contribution in [3.05, 3.63) is 118 Å². The van der Waals surface area contributed by atoms with Crippen LogP contribution in [0.2, 0.25) is 0 Å². The molecule has 7 aliphatic heterocycles. The van der Waals surface area contributed by atoms with Crippen LogP contribution in [-0.4, -0.2) is 195 Å². The molecule has 25 heteroatoms. The second-order valence-electron chi connectivity index (χ2n) is 24.9. The Labute approximate surface area is 511 Å². The number of nitrogens with two attached hydrogens (primary N) is 1. The third-order valence-electron chi connectivity index (χ3n) is 17.7. The van der Waals surface area contributed by atoms with Crippen LogP contribution in [0.5, 0.6) is 11.5 Å². The molecule has 0 radical (unpaired) electrons. The molecule has 9 heterocycles. The molecule has 0 unspecified atom stereocenters. The molecular formula is C64H70F2N12O11. The van der Waals surface area contributed by atoms with Gasteiger partial charge in [0.25, 0.3) is 17.7 Å². The number of amides is 5. The summed E-state index contributed by atoms with van der Waals surface area (Å²) in [6.45, 7) is 12.8. The minimum Gasteiger partial charge on any atom is -0.489 e. The van der Waals surface area contributed by atoms with Gasteiger partial charge in [0.05, 0.1) is 37.5 Å². The van der Waals surface area contributed by atoms with E-state index in [0.717, 1.165) is 15.7 Å². The third-order valence-corrected chi connectivity index (χ3v) is 17.7. The van der Waals surface area contributed by atoms with Crippen LogP contribution in [0.1, 0.15) is 95.8 Å². The molecule has 23 nitrogen and oxygen atoms in total. The summed E-state index contributed by atoms with van der Waals surface area (Å²) in [6, 6.07) is 12.2. The van der Waals surface area contributed by atoms with Crippen LogP contribution in [0.15, 0.2) is 73.1 Å². The Kier molecular flexibility index (Phi) is 16.3. The van der Waals surface area contributed by atoms with Crippen LogP contribution >= 0.6 is 0 Å². The zero-order valence-corrected chi connectivity index (χ0v) is 49.9. The largest absolute Gasteiger partial charge is 0.489 e. The van der Waals surface area contributed by atoms with Crippen LogP contribution in [-0.2, 0) is 59.6 Å². The number of carbonyl (C=O) groups excluding carboxylic acids is 6. The lowest BCUT2D eigenvalue weighted by atomic mass is 9.96. The van der Waals surface area contributed by atoms with Gasteiger partial charge >= 0.3 is 5.97 Å². The van der Waals surface area contributed by atoms with E-state index in [9.17, 15) is 28.8 Å². The van der Waals surface area contributed by atoms with Gasteiger partial charge in [-0.2, -0.15) is 0 Å². The summed E-state index contributed by atoms with van der Waals surface area (Å²) in [5.41, 5.74) is 8.81. The quantitative estimate of drug-likeness (QED) is 0.0941. The summed E-state index contributed by atoms with van der Waals surface area (Å²) < 4.78 is 60.8. The molecule has 2 N–H and O–H groups in total. The average molecular weight is 1220 g/mol. The van der Waals surface area contributed by atoms with Gasteiger partial charge < -0.3 is 49.0 Å². The first-order valence-corrected chi connectivity index (χ1v) is 30.5. The van der Waals surface area contributed by atoms with E-state index < -0.39 is 65.7 Å². The van der Waals surface area contributed by atoms with Gasteiger partial charge in [0.1, 0.15) is 59.1 Å². The molecule has 0 bridgehead atoms. The molecule has 5 fully saturated rings. The number of aromatic nitrogens is 4. The molecule has 0 saturated carbocycles. The predicted molar refractivity (Wildman–Crippen MR) is 318 cm³/mol. The number of likely N-dealkylation sites (tertiary alicyclic amines) is 3. The van der Waals surface area contributed by atoms with Crippen molar-refractivity contribution in [3.63, 3.8) is 0 Å². The molecule has 7 aliphatic rings. The van der Waals surface area contributed by atoms with E-state index >= 15 is 8.78 Å². The summed E-state index contributed by atoms with van der Waals surface area (Å²) >= 11 is 0. The summed E-state index contributed by atoms with van der Waals surface area (Å²) in [6.07, 6.45) is 3.43. The highest BCUT2D eigenvalue weighted by atomic mass is 19.1. The first-order valence-electron chi connectivity index (χ1n) is 30.5. The van der Waals surface area contributed by atoms with Gasteiger partial charge in [-0.1, -0.05) is 0 Å².